The van der Waals surface area contributed by atoms with Gasteiger partial charge in [0.15, 0.2) is 0 Å². The van der Waals surface area contributed by atoms with E-state index in [2.05, 4.69) is 40.2 Å². The lowest BCUT2D eigenvalue weighted by atomic mass is 9.64. The minimum Gasteiger partial charge on any atom is -0.0701 e. The minimum absolute atomic E-state index is 0.555. The van der Waals surface area contributed by atoms with Crippen LogP contribution in [0.2, 0.25) is 0 Å². The van der Waals surface area contributed by atoms with E-state index >= 15 is 0 Å². The lowest BCUT2D eigenvalue weighted by molar-refractivity contribution is 0.165. The number of hydrogen-bond donors (Lipinski definition) is 0. The Kier molecular flexibility index (Phi) is 29.5. The van der Waals surface area contributed by atoms with Gasteiger partial charge in [0.25, 0.3) is 0 Å². The van der Waals surface area contributed by atoms with Gasteiger partial charge in [0.2, 0.25) is 0 Å². The first-order chi connectivity index (χ1) is 22.2. The molecule has 0 N–H and O–H groups in total. The fraction of sp³-hybridized carbons (Fsp3) is 0.956. The van der Waals surface area contributed by atoms with Gasteiger partial charge in [0.05, 0.1) is 0 Å². The van der Waals surface area contributed by atoms with Gasteiger partial charge in [-0.1, -0.05) is 226 Å². The monoisotopic (exact) mass is 629 g/mol. The summed E-state index contributed by atoms with van der Waals surface area (Å²) in [6.45, 7) is 11.8. The summed E-state index contributed by atoms with van der Waals surface area (Å²) in [6.07, 6.45) is 52.5. The number of rotatable bonds is 35. The minimum atomic E-state index is 0.555. The van der Waals surface area contributed by atoms with Crippen molar-refractivity contribution >= 4 is 0 Å². The molecular weight excluding hydrogens is 540 g/mol. The normalized spacial score (nSPS) is 16.3. The predicted molar refractivity (Wildman–Crippen MR) is 208 cm³/mol. The van der Waals surface area contributed by atoms with Gasteiger partial charge >= 0.3 is 0 Å². The highest BCUT2D eigenvalue weighted by Gasteiger charge is 2.45. The summed E-state index contributed by atoms with van der Waals surface area (Å²) in [6, 6.07) is 0. The molecule has 0 saturated carbocycles. The molecule has 0 heterocycles. The van der Waals surface area contributed by atoms with Crippen LogP contribution in [-0.2, 0) is 0 Å². The number of hydrogen-bond acceptors (Lipinski definition) is 0. The summed E-state index contributed by atoms with van der Waals surface area (Å²) in [4.78, 5) is 0. The van der Waals surface area contributed by atoms with E-state index in [1.165, 1.54) is 231 Å². The molecule has 0 aromatic heterocycles. The smallest absolute Gasteiger partial charge is 0.00541 e. The Morgan fingerprint density at radius 2 is 0.711 bits per heavy atom. The summed E-state index contributed by atoms with van der Waals surface area (Å²) in [5, 5.41) is 0. The fourth-order valence-corrected chi connectivity index (χ4v) is 8.92. The van der Waals surface area contributed by atoms with Gasteiger partial charge in [0, 0.05) is 0 Å². The molecule has 0 radical (unpaired) electrons. The maximum Gasteiger partial charge on any atom is -0.00541 e. The fourth-order valence-electron chi connectivity index (χ4n) is 8.92. The van der Waals surface area contributed by atoms with Gasteiger partial charge in [0.1, 0.15) is 0 Å². The third-order valence-corrected chi connectivity index (χ3v) is 11.8. The third-order valence-electron chi connectivity index (χ3n) is 11.8. The lowest BCUT2D eigenvalue weighted by Gasteiger charge is -2.40. The van der Waals surface area contributed by atoms with Crippen LogP contribution in [0.1, 0.15) is 266 Å². The van der Waals surface area contributed by atoms with Crippen LogP contribution in [0, 0.1) is 11.3 Å². The van der Waals surface area contributed by atoms with E-state index in [-0.39, 0.29) is 0 Å². The highest BCUT2D eigenvalue weighted by Crippen LogP contribution is 2.58. The first-order valence-electron chi connectivity index (χ1n) is 21.9. The van der Waals surface area contributed by atoms with Gasteiger partial charge in [-0.05, 0) is 62.7 Å². The molecule has 1 atom stereocenters. The quantitative estimate of drug-likeness (QED) is 0.0484. The molecule has 0 aromatic carbocycles. The van der Waals surface area contributed by atoms with Crippen LogP contribution >= 0.6 is 0 Å². The Morgan fingerprint density at radius 3 is 1.13 bits per heavy atom. The Bertz CT molecular complexity index is 624. The standard InChI is InChI=1S/C45H88/c1-6-11-16-21-26-31-36-42-41-43(37-32-27-22-17-12-7-2)45(39-34-29-24-19-14-9-4,40-35-30-25-20-15-10-5)44(42)38-33-28-23-18-13-8-3/h43H,6-41H2,1-5H3. The summed E-state index contributed by atoms with van der Waals surface area (Å²) >= 11 is 0. The summed E-state index contributed by atoms with van der Waals surface area (Å²) < 4.78 is 0. The van der Waals surface area contributed by atoms with Gasteiger partial charge in [-0.15, -0.1) is 0 Å². The largest absolute Gasteiger partial charge is 0.0701 e. The van der Waals surface area contributed by atoms with E-state index in [1.54, 1.807) is 0 Å². The third kappa shape index (κ3) is 20.0. The Labute approximate surface area is 287 Å². The van der Waals surface area contributed by atoms with Crippen LogP contribution in [0.25, 0.3) is 0 Å². The maximum absolute atomic E-state index is 2.37. The zero-order chi connectivity index (χ0) is 32.7. The molecule has 0 aromatic rings. The highest BCUT2D eigenvalue weighted by atomic mass is 14.5. The van der Waals surface area contributed by atoms with Crippen LogP contribution in [-0.4, -0.2) is 0 Å². The van der Waals surface area contributed by atoms with Gasteiger partial charge in [-0.2, -0.15) is 0 Å². The summed E-state index contributed by atoms with van der Waals surface area (Å²) in [5.74, 6) is 0.958. The van der Waals surface area contributed by atoms with Crippen LogP contribution in [0.3, 0.4) is 0 Å². The molecular formula is C45H88. The van der Waals surface area contributed by atoms with Crippen molar-refractivity contribution in [3.8, 4) is 0 Å². The van der Waals surface area contributed by atoms with Crippen molar-refractivity contribution in [2.45, 2.75) is 266 Å². The van der Waals surface area contributed by atoms with E-state index < -0.39 is 0 Å². The zero-order valence-electron chi connectivity index (χ0n) is 32.5. The highest BCUT2D eigenvalue weighted by molar-refractivity contribution is 5.31. The molecule has 0 fully saturated rings. The van der Waals surface area contributed by atoms with Crippen molar-refractivity contribution in [1.82, 2.24) is 0 Å². The molecule has 268 valence electrons. The second kappa shape index (κ2) is 31.0. The Balaban J connectivity index is 3.17. The average Bonchev–Trinajstić information content (AvgIpc) is 3.33. The van der Waals surface area contributed by atoms with Crippen LogP contribution in [0.5, 0.6) is 0 Å². The maximum atomic E-state index is 2.37. The van der Waals surface area contributed by atoms with Crippen molar-refractivity contribution < 1.29 is 0 Å². The molecule has 0 saturated heterocycles. The molecule has 0 spiro atoms. The second-order valence-electron chi connectivity index (χ2n) is 15.8. The molecule has 0 heteroatoms. The molecule has 45 heavy (non-hydrogen) atoms. The molecule has 0 nitrogen and oxygen atoms in total. The molecule has 0 amide bonds. The van der Waals surface area contributed by atoms with Gasteiger partial charge < -0.3 is 0 Å². The predicted octanol–water partition coefficient (Wildman–Crippen LogP) is 17.0. The van der Waals surface area contributed by atoms with Crippen LogP contribution in [0.15, 0.2) is 11.1 Å². The van der Waals surface area contributed by atoms with Crippen molar-refractivity contribution in [1.29, 1.82) is 0 Å². The average molecular weight is 629 g/mol. The van der Waals surface area contributed by atoms with Crippen molar-refractivity contribution in [2.24, 2.45) is 11.3 Å². The zero-order valence-corrected chi connectivity index (χ0v) is 32.5. The molecule has 0 aliphatic heterocycles. The molecule has 1 unspecified atom stereocenters. The van der Waals surface area contributed by atoms with Crippen LogP contribution in [0.4, 0.5) is 0 Å². The van der Waals surface area contributed by atoms with E-state index in [1.807, 2.05) is 5.57 Å². The Hall–Kier alpha value is -0.260. The SMILES string of the molecule is CCCCCCCCC1=C(CCCCCCCC)C(CCCCCCCC)(CCCCCCCC)C(CCCCCCCC)C1. The molecule has 1 rings (SSSR count). The lowest BCUT2D eigenvalue weighted by Crippen LogP contribution is -2.29. The van der Waals surface area contributed by atoms with Gasteiger partial charge in [-0.3, -0.25) is 0 Å². The van der Waals surface area contributed by atoms with E-state index in [9.17, 15) is 0 Å². The topological polar surface area (TPSA) is 0 Å². The number of unbranched alkanes of at least 4 members (excludes halogenated alkanes) is 25. The number of allylic oxidation sites excluding steroid dienone is 2. The molecule has 1 aliphatic rings. The van der Waals surface area contributed by atoms with Crippen molar-refractivity contribution in [2.75, 3.05) is 0 Å². The summed E-state index contributed by atoms with van der Waals surface area (Å²) in [7, 11) is 0. The van der Waals surface area contributed by atoms with Crippen LogP contribution < -0.4 is 0 Å². The van der Waals surface area contributed by atoms with Crippen molar-refractivity contribution in [3.63, 3.8) is 0 Å². The van der Waals surface area contributed by atoms with E-state index in [0.717, 1.165) is 5.92 Å². The first kappa shape index (κ1) is 42.8. The Morgan fingerprint density at radius 1 is 0.378 bits per heavy atom. The molecule has 0 bridgehead atoms. The first-order valence-corrected chi connectivity index (χ1v) is 21.9. The second-order valence-corrected chi connectivity index (χ2v) is 15.8. The van der Waals surface area contributed by atoms with E-state index in [4.69, 9.17) is 0 Å². The summed E-state index contributed by atoms with van der Waals surface area (Å²) in [5.41, 5.74) is 4.64. The van der Waals surface area contributed by atoms with Gasteiger partial charge in [-0.25, -0.2) is 0 Å². The molecule has 1 aliphatic carbocycles. The van der Waals surface area contributed by atoms with E-state index in [0.29, 0.717) is 5.41 Å². The van der Waals surface area contributed by atoms with Crippen molar-refractivity contribution in [3.05, 3.63) is 11.1 Å².